The highest BCUT2D eigenvalue weighted by Crippen LogP contribution is 2.33. The number of nitrogens with zero attached hydrogens (tertiary/aromatic N) is 2. The maximum Gasteiger partial charge on any atom is 0.258 e. The average molecular weight is 445 g/mol. The Labute approximate surface area is 196 Å². The summed E-state index contributed by atoms with van der Waals surface area (Å²) >= 11 is 0. The van der Waals surface area contributed by atoms with Crippen LogP contribution in [0.2, 0.25) is 0 Å². The molecule has 0 aromatic heterocycles. The summed E-state index contributed by atoms with van der Waals surface area (Å²) in [6, 6.07) is 24.0. The largest absolute Gasteiger partial charge is 0.493 e. The van der Waals surface area contributed by atoms with Gasteiger partial charge in [0.15, 0.2) is 11.5 Å². The molecule has 5 nitrogen and oxygen atoms in total. The fraction of sp³-hybridized carbons (Fsp3) is 0.321. The average Bonchev–Trinajstić information content (AvgIpc) is 2.85. The Morgan fingerprint density at radius 3 is 2.33 bits per heavy atom. The monoisotopic (exact) mass is 444 g/mol. The lowest BCUT2D eigenvalue weighted by Crippen LogP contribution is -2.47. The number of likely N-dealkylation sites (tertiary alicyclic amines) is 1. The Kier molecular flexibility index (Phi) is 7.30. The zero-order valence-corrected chi connectivity index (χ0v) is 19.7. The van der Waals surface area contributed by atoms with E-state index in [-0.39, 0.29) is 11.9 Å². The molecule has 0 aliphatic carbocycles. The predicted octanol–water partition coefficient (Wildman–Crippen LogP) is 5.32. The number of piperidine rings is 1. The van der Waals surface area contributed by atoms with E-state index in [1.807, 2.05) is 59.5 Å². The van der Waals surface area contributed by atoms with Crippen molar-refractivity contribution in [1.82, 2.24) is 4.90 Å². The SMILES string of the molecule is COc1cccc(CN2CCC(N(C(=O)c3ccccc3)c3cccc(C)c3)CC2)c1OC. The number of hydrogen-bond acceptors (Lipinski definition) is 4. The van der Waals surface area contributed by atoms with E-state index in [2.05, 4.69) is 30.0 Å². The van der Waals surface area contributed by atoms with Gasteiger partial charge in [-0.3, -0.25) is 9.69 Å². The van der Waals surface area contributed by atoms with E-state index < -0.39 is 0 Å². The van der Waals surface area contributed by atoms with Gasteiger partial charge in [0.2, 0.25) is 0 Å². The molecular weight excluding hydrogens is 412 g/mol. The van der Waals surface area contributed by atoms with Crippen molar-refractivity contribution in [3.05, 3.63) is 89.5 Å². The van der Waals surface area contributed by atoms with Gasteiger partial charge in [0.05, 0.1) is 14.2 Å². The van der Waals surface area contributed by atoms with Crippen molar-refractivity contribution >= 4 is 11.6 Å². The van der Waals surface area contributed by atoms with E-state index >= 15 is 0 Å². The number of amides is 1. The summed E-state index contributed by atoms with van der Waals surface area (Å²) in [5.74, 6) is 1.61. The first kappa shape index (κ1) is 22.9. The lowest BCUT2D eigenvalue weighted by atomic mass is 9.99. The van der Waals surface area contributed by atoms with Gasteiger partial charge in [-0.25, -0.2) is 0 Å². The second-order valence-corrected chi connectivity index (χ2v) is 8.54. The van der Waals surface area contributed by atoms with Crippen LogP contribution in [0.15, 0.2) is 72.8 Å². The molecule has 0 bridgehead atoms. The lowest BCUT2D eigenvalue weighted by Gasteiger charge is -2.39. The van der Waals surface area contributed by atoms with Gasteiger partial charge in [0, 0.05) is 42.5 Å². The summed E-state index contributed by atoms with van der Waals surface area (Å²) in [5, 5.41) is 0. The lowest BCUT2D eigenvalue weighted by molar-refractivity contribution is 0.0958. The molecule has 0 spiro atoms. The van der Waals surface area contributed by atoms with Gasteiger partial charge >= 0.3 is 0 Å². The number of carbonyl (C=O) groups excluding carboxylic acids is 1. The minimum absolute atomic E-state index is 0.0640. The van der Waals surface area contributed by atoms with Crippen LogP contribution in [-0.4, -0.2) is 44.2 Å². The van der Waals surface area contributed by atoms with Crippen molar-refractivity contribution < 1.29 is 14.3 Å². The van der Waals surface area contributed by atoms with E-state index in [0.29, 0.717) is 0 Å². The van der Waals surface area contributed by atoms with Gasteiger partial charge in [-0.1, -0.05) is 42.5 Å². The second kappa shape index (κ2) is 10.5. The number of aryl methyl sites for hydroxylation is 1. The number of hydrogen-bond donors (Lipinski definition) is 0. The maximum absolute atomic E-state index is 13.6. The molecule has 1 aliphatic rings. The standard InChI is InChI=1S/C28H32N2O3/c1-21-9-7-13-25(19-21)30(28(31)22-10-5-4-6-11-22)24-15-17-29(18-16-24)20-23-12-8-14-26(32-2)27(23)33-3/h4-14,19,24H,15-18,20H2,1-3H3. The first-order valence-electron chi connectivity index (χ1n) is 11.5. The van der Waals surface area contributed by atoms with Crippen LogP contribution < -0.4 is 14.4 Å². The Balaban J connectivity index is 1.51. The van der Waals surface area contributed by atoms with E-state index in [1.54, 1.807) is 14.2 Å². The van der Waals surface area contributed by atoms with Crippen molar-refractivity contribution in [2.75, 3.05) is 32.2 Å². The van der Waals surface area contributed by atoms with Crippen molar-refractivity contribution in [2.24, 2.45) is 0 Å². The van der Waals surface area contributed by atoms with Gasteiger partial charge in [-0.05, 0) is 55.7 Å². The van der Waals surface area contributed by atoms with Crippen LogP contribution in [0.1, 0.15) is 34.3 Å². The highest BCUT2D eigenvalue weighted by atomic mass is 16.5. The summed E-state index contributed by atoms with van der Waals surface area (Å²) in [6.45, 7) is 4.69. The summed E-state index contributed by atoms with van der Waals surface area (Å²) < 4.78 is 11.1. The number of ether oxygens (including phenoxy) is 2. The molecule has 172 valence electrons. The molecule has 1 heterocycles. The number of anilines is 1. The quantitative estimate of drug-likeness (QED) is 0.494. The molecule has 3 aromatic carbocycles. The molecule has 0 radical (unpaired) electrons. The van der Waals surface area contributed by atoms with Gasteiger partial charge in [-0.15, -0.1) is 0 Å². The van der Waals surface area contributed by atoms with Crippen LogP contribution in [0.3, 0.4) is 0 Å². The molecule has 5 heteroatoms. The number of methoxy groups -OCH3 is 2. The van der Waals surface area contributed by atoms with Gasteiger partial charge in [0.25, 0.3) is 5.91 Å². The van der Waals surface area contributed by atoms with Gasteiger partial charge < -0.3 is 14.4 Å². The van der Waals surface area contributed by atoms with Crippen LogP contribution in [0.5, 0.6) is 11.5 Å². The van der Waals surface area contributed by atoms with Gasteiger partial charge in [-0.2, -0.15) is 0 Å². The summed E-state index contributed by atoms with van der Waals surface area (Å²) in [7, 11) is 3.35. The van der Waals surface area contributed by atoms with Crippen molar-refractivity contribution in [1.29, 1.82) is 0 Å². The maximum atomic E-state index is 13.6. The number of carbonyl (C=O) groups is 1. The van der Waals surface area contributed by atoms with Crippen LogP contribution in [0.4, 0.5) is 5.69 Å². The van der Waals surface area contributed by atoms with Crippen molar-refractivity contribution in [3.63, 3.8) is 0 Å². The molecule has 3 aromatic rings. The highest BCUT2D eigenvalue weighted by Gasteiger charge is 2.30. The molecule has 0 unspecified atom stereocenters. The summed E-state index contributed by atoms with van der Waals surface area (Å²) in [6.07, 6.45) is 1.83. The summed E-state index contributed by atoms with van der Waals surface area (Å²) in [5.41, 5.74) is 3.96. The number of benzene rings is 3. The Morgan fingerprint density at radius 2 is 1.67 bits per heavy atom. The Morgan fingerprint density at radius 1 is 0.939 bits per heavy atom. The van der Waals surface area contributed by atoms with Crippen LogP contribution in [-0.2, 0) is 6.54 Å². The van der Waals surface area contributed by atoms with Crippen molar-refractivity contribution in [3.8, 4) is 11.5 Å². The minimum atomic E-state index is 0.0640. The fourth-order valence-electron chi connectivity index (χ4n) is 4.65. The molecular formula is C28H32N2O3. The predicted molar refractivity (Wildman–Crippen MR) is 132 cm³/mol. The zero-order valence-electron chi connectivity index (χ0n) is 19.7. The smallest absolute Gasteiger partial charge is 0.258 e. The number of para-hydroxylation sites is 1. The van der Waals surface area contributed by atoms with Gasteiger partial charge in [0.1, 0.15) is 0 Å². The van der Waals surface area contributed by atoms with Crippen molar-refractivity contribution in [2.45, 2.75) is 32.4 Å². The Hall–Kier alpha value is -3.31. The molecule has 33 heavy (non-hydrogen) atoms. The fourth-order valence-corrected chi connectivity index (χ4v) is 4.65. The Bertz CT molecular complexity index is 1080. The minimum Gasteiger partial charge on any atom is -0.493 e. The van der Waals surface area contributed by atoms with Crippen LogP contribution >= 0.6 is 0 Å². The zero-order chi connectivity index (χ0) is 23.2. The topological polar surface area (TPSA) is 42.0 Å². The number of rotatable bonds is 7. The molecule has 1 fully saturated rings. The molecule has 1 amide bonds. The molecule has 0 saturated carbocycles. The van der Waals surface area contributed by atoms with Crippen LogP contribution in [0, 0.1) is 6.92 Å². The molecule has 4 rings (SSSR count). The van der Waals surface area contributed by atoms with E-state index in [0.717, 1.165) is 66.4 Å². The first-order valence-corrected chi connectivity index (χ1v) is 11.5. The third-order valence-corrected chi connectivity index (χ3v) is 6.32. The third kappa shape index (κ3) is 5.20. The van der Waals surface area contributed by atoms with Crippen LogP contribution in [0.25, 0.3) is 0 Å². The first-order chi connectivity index (χ1) is 16.1. The highest BCUT2D eigenvalue weighted by molar-refractivity contribution is 6.06. The van der Waals surface area contributed by atoms with E-state index in [1.165, 1.54) is 0 Å². The molecule has 1 saturated heterocycles. The molecule has 1 aliphatic heterocycles. The molecule has 0 atom stereocenters. The van der Waals surface area contributed by atoms with E-state index in [9.17, 15) is 4.79 Å². The van der Waals surface area contributed by atoms with E-state index in [4.69, 9.17) is 9.47 Å². The summed E-state index contributed by atoms with van der Waals surface area (Å²) in [4.78, 5) is 18.0. The third-order valence-electron chi connectivity index (χ3n) is 6.32. The molecule has 0 N–H and O–H groups in total. The normalized spacial score (nSPS) is 14.6. The second-order valence-electron chi connectivity index (χ2n) is 8.54.